The van der Waals surface area contributed by atoms with Crippen LogP contribution in [0.25, 0.3) is 10.6 Å². The molecule has 0 saturated heterocycles. The Labute approximate surface area is 92.6 Å². The molecule has 2 rings (SSSR count). The summed E-state index contributed by atoms with van der Waals surface area (Å²) in [6.07, 6.45) is 1.29. The van der Waals surface area contributed by atoms with Crippen LogP contribution in [0.2, 0.25) is 0 Å². The smallest absolute Gasteiger partial charge is 0.125 e. The second-order valence-corrected chi connectivity index (χ2v) is 4.24. The molecule has 0 bridgehead atoms. The SMILES string of the molecule is Cc1ccc(-c2nc(CC=O)cs2)cc1. The summed E-state index contributed by atoms with van der Waals surface area (Å²) in [6.45, 7) is 2.06. The molecule has 0 radical (unpaired) electrons. The monoisotopic (exact) mass is 217 g/mol. The first-order chi connectivity index (χ1) is 7.29. The standard InChI is InChI=1S/C12H11NOS/c1-9-2-4-10(5-3-9)12-13-11(6-7-14)8-15-12/h2-5,7-8H,6H2,1H3. The molecular weight excluding hydrogens is 206 g/mol. The second kappa shape index (κ2) is 4.36. The molecule has 0 spiro atoms. The maximum absolute atomic E-state index is 10.3. The Morgan fingerprint density at radius 1 is 1.33 bits per heavy atom. The lowest BCUT2D eigenvalue weighted by Crippen LogP contribution is -1.85. The van der Waals surface area contributed by atoms with E-state index in [0.717, 1.165) is 22.6 Å². The van der Waals surface area contributed by atoms with Crippen LogP contribution in [-0.4, -0.2) is 11.3 Å². The summed E-state index contributed by atoms with van der Waals surface area (Å²) >= 11 is 1.58. The first kappa shape index (κ1) is 10.1. The highest BCUT2D eigenvalue weighted by atomic mass is 32.1. The Morgan fingerprint density at radius 3 is 2.73 bits per heavy atom. The van der Waals surface area contributed by atoms with E-state index in [9.17, 15) is 4.79 Å². The summed E-state index contributed by atoms with van der Waals surface area (Å²) < 4.78 is 0. The number of aromatic nitrogens is 1. The molecule has 1 heterocycles. The third-order valence-corrected chi connectivity index (χ3v) is 3.08. The number of nitrogens with zero attached hydrogens (tertiary/aromatic N) is 1. The summed E-state index contributed by atoms with van der Waals surface area (Å²) in [4.78, 5) is 14.7. The highest BCUT2D eigenvalue weighted by Gasteiger charge is 2.03. The van der Waals surface area contributed by atoms with Crippen molar-refractivity contribution in [1.29, 1.82) is 0 Å². The van der Waals surface area contributed by atoms with Crippen molar-refractivity contribution in [3.63, 3.8) is 0 Å². The maximum atomic E-state index is 10.3. The van der Waals surface area contributed by atoms with E-state index >= 15 is 0 Å². The van der Waals surface area contributed by atoms with Crippen LogP contribution in [0, 0.1) is 6.92 Å². The van der Waals surface area contributed by atoms with E-state index in [2.05, 4.69) is 36.2 Å². The number of benzene rings is 1. The minimum absolute atomic E-state index is 0.405. The number of carbonyl (C=O) groups excluding carboxylic acids is 1. The topological polar surface area (TPSA) is 30.0 Å². The van der Waals surface area contributed by atoms with Crippen molar-refractivity contribution in [3.8, 4) is 10.6 Å². The van der Waals surface area contributed by atoms with E-state index in [0.29, 0.717) is 6.42 Å². The number of hydrogen-bond donors (Lipinski definition) is 0. The molecule has 0 atom stereocenters. The quantitative estimate of drug-likeness (QED) is 0.740. The minimum atomic E-state index is 0.405. The zero-order valence-corrected chi connectivity index (χ0v) is 9.25. The van der Waals surface area contributed by atoms with Gasteiger partial charge in [0.2, 0.25) is 0 Å². The average Bonchev–Trinajstić information content (AvgIpc) is 2.68. The lowest BCUT2D eigenvalue weighted by atomic mass is 10.2. The van der Waals surface area contributed by atoms with Gasteiger partial charge in [0, 0.05) is 17.4 Å². The van der Waals surface area contributed by atoms with Gasteiger partial charge in [-0.2, -0.15) is 0 Å². The number of aryl methyl sites for hydroxylation is 1. The predicted molar refractivity (Wildman–Crippen MR) is 62.1 cm³/mol. The third-order valence-electron chi connectivity index (χ3n) is 2.14. The fraction of sp³-hybridized carbons (Fsp3) is 0.167. The number of thiazole rings is 1. The van der Waals surface area contributed by atoms with Crippen LogP contribution in [0.15, 0.2) is 29.6 Å². The lowest BCUT2D eigenvalue weighted by Gasteiger charge is -1.96. The van der Waals surface area contributed by atoms with E-state index < -0.39 is 0 Å². The van der Waals surface area contributed by atoms with E-state index in [4.69, 9.17) is 0 Å². The first-order valence-electron chi connectivity index (χ1n) is 4.74. The molecule has 1 aromatic heterocycles. The van der Waals surface area contributed by atoms with Crippen molar-refractivity contribution in [3.05, 3.63) is 40.9 Å². The molecule has 15 heavy (non-hydrogen) atoms. The van der Waals surface area contributed by atoms with Crippen LogP contribution in [0.1, 0.15) is 11.3 Å². The summed E-state index contributed by atoms with van der Waals surface area (Å²) in [6, 6.07) is 8.24. The van der Waals surface area contributed by atoms with Gasteiger partial charge in [0.05, 0.1) is 5.69 Å². The molecule has 0 unspecified atom stereocenters. The molecule has 0 aliphatic carbocycles. The number of rotatable bonds is 3. The number of hydrogen-bond acceptors (Lipinski definition) is 3. The molecule has 0 N–H and O–H groups in total. The molecule has 2 aromatic rings. The first-order valence-corrected chi connectivity index (χ1v) is 5.62. The largest absolute Gasteiger partial charge is 0.303 e. The molecule has 3 heteroatoms. The zero-order chi connectivity index (χ0) is 10.7. The van der Waals surface area contributed by atoms with Crippen molar-refractivity contribution in [2.45, 2.75) is 13.3 Å². The highest BCUT2D eigenvalue weighted by Crippen LogP contribution is 2.23. The van der Waals surface area contributed by atoms with Gasteiger partial charge in [0.15, 0.2) is 0 Å². The van der Waals surface area contributed by atoms with E-state index in [1.165, 1.54) is 5.56 Å². The fourth-order valence-corrected chi connectivity index (χ4v) is 2.15. The Bertz CT molecular complexity index is 459. The van der Waals surface area contributed by atoms with Gasteiger partial charge in [-0.15, -0.1) is 11.3 Å². The molecule has 0 aliphatic rings. The van der Waals surface area contributed by atoms with Gasteiger partial charge in [-0.1, -0.05) is 29.8 Å². The van der Waals surface area contributed by atoms with Gasteiger partial charge >= 0.3 is 0 Å². The predicted octanol–water partition coefficient (Wildman–Crippen LogP) is 2.86. The van der Waals surface area contributed by atoms with Crippen molar-refractivity contribution in [1.82, 2.24) is 4.98 Å². The van der Waals surface area contributed by atoms with Crippen LogP contribution >= 0.6 is 11.3 Å². The molecule has 76 valence electrons. The Hall–Kier alpha value is -1.48. The summed E-state index contributed by atoms with van der Waals surface area (Å²) in [5.74, 6) is 0. The maximum Gasteiger partial charge on any atom is 0.125 e. The number of carbonyl (C=O) groups is 1. The Morgan fingerprint density at radius 2 is 2.07 bits per heavy atom. The molecular formula is C12H11NOS. The summed E-state index contributed by atoms with van der Waals surface area (Å²) in [5, 5.41) is 2.91. The average molecular weight is 217 g/mol. The highest BCUT2D eigenvalue weighted by molar-refractivity contribution is 7.13. The lowest BCUT2D eigenvalue weighted by molar-refractivity contribution is -0.107. The zero-order valence-electron chi connectivity index (χ0n) is 8.43. The molecule has 1 aromatic carbocycles. The van der Waals surface area contributed by atoms with Gasteiger partial charge in [0.25, 0.3) is 0 Å². The summed E-state index contributed by atoms with van der Waals surface area (Å²) in [7, 11) is 0. The van der Waals surface area contributed by atoms with Crippen LogP contribution in [0.3, 0.4) is 0 Å². The molecule has 0 aliphatic heterocycles. The van der Waals surface area contributed by atoms with Crippen molar-refractivity contribution in [2.75, 3.05) is 0 Å². The second-order valence-electron chi connectivity index (χ2n) is 3.38. The van der Waals surface area contributed by atoms with Crippen LogP contribution in [0.5, 0.6) is 0 Å². The molecule has 0 saturated carbocycles. The van der Waals surface area contributed by atoms with Crippen molar-refractivity contribution < 1.29 is 4.79 Å². The van der Waals surface area contributed by atoms with Crippen LogP contribution < -0.4 is 0 Å². The Balaban J connectivity index is 2.28. The van der Waals surface area contributed by atoms with E-state index in [1.807, 2.05) is 5.38 Å². The van der Waals surface area contributed by atoms with E-state index in [-0.39, 0.29) is 0 Å². The Kier molecular flexibility index (Phi) is 2.92. The van der Waals surface area contributed by atoms with E-state index in [1.54, 1.807) is 11.3 Å². The van der Waals surface area contributed by atoms with Crippen molar-refractivity contribution in [2.24, 2.45) is 0 Å². The fourth-order valence-electron chi connectivity index (χ4n) is 1.31. The normalized spacial score (nSPS) is 10.2. The molecule has 0 amide bonds. The van der Waals surface area contributed by atoms with Crippen molar-refractivity contribution >= 4 is 17.6 Å². The van der Waals surface area contributed by atoms with Gasteiger partial charge in [-0.25, -0.2) is 4.98 Å². The van der Waals surface area contributed by atoms with Crippen LogP contribution in [0.4, 0.5) is 0 Å². The number of aldehydes is 1. The van der Waals surface area contributed by atoms with Gasteiger partial charge in [0.1, 0.15) is 11.3 Å². The van der Waals surface area contributed by atoms with Gasteiger partial charge < -0.3 is 4.79 Å². The third kappa shape index (κ3) is 2.30. The van der Waals surface area contributed by atoms with Crippen LogP contribution in [-0.2, 0) is 11.2 Å². The minimum Gasteiger partial charge on any atom is -0.303 e. The molecule has 2 nitrogen and oxygen atoms in total. The molecule has 0 fully saturated rings. The van der Waals surface area contributed by atoms with Gasteiger partial charge in [-0.05, 0) is 6.92 Å². The summed E-state index contributed by atoms with van der Waals surface area (Å²) in [5.41, 5.74) is 3.21. The van der Waals surface area contributed by atoms with Gasteiger partial charge in [-0.3, -0.25) is 0 Å².